The summed E-state index contributed by atoms with van der Waals surface area (Å²) in [5, 5.41) is 7.47. The molecule has 0 heterocycles. The highest BCUT2D eigenvalue weighted by Gasteiger charge is 2.17. The predicted molar refractivity (Wildman–Crippen MR) is 75.8 cm³/mol. The number of nitrogen functional groups attached to an aromatic ring is 1. The van der Waals surface area contributed by atoms with E-state index < -0.39 is 0 Å². The first-order valence-corrected chi connectivity index (χ1v) is 6.80. The van der Waals surface area contributed by atoms with Crippen molar-refractivity contribution < 1.29 is 0 Å². The number of nitrogens with two attached hydrogens (primary N) is 1. The smallest absolute Gasteiger partial charge is 0.122 e. The number of amidine groups is 1. The molecule has 3 nitrogen and oxygen atoms in total. The van der Waals surface area contributed by atoms with Crippen molar-refractivity contribution in [2.45, 2.75) is 44.7 Å². The van der Waals surface area contributed by atoms with Gasteiger partial charge in [-0.05, 0) is 31.5 Å². The Morgan fingerprint density at radius 2 is 2.06 bits per heavy atom. The minimum Gasteiger partial charge on any atom is -0.384 e. The Hall–Kier alpha value is -1.35. The van der Waals surface area contributed by atoms with E-state index in [1.165, 1.54) is 37.7 Å². The van der Waals surface area contributed by atoms with Gasteiger partial charge in [-0.25, -0.2) is 0 Å². The molecular weight excluding hydrogens is 222 g/mol. The lowest BCUT2D eigenvalue weighted by atomic mass is 9.94. The van der Waals surface area contributed by atoms with E-state index >= 15 is 0 Å². The molecular formula is C15H23N3. The van der Waals surface area contributed by atoms with E-state index in [2.05, 4.69) is 18.0 Å². The first-order valence-electron chi connectivity index (χ1n) is 6.80. The van der Waals surface area contributed by atoms with Crippen LogP contribution in [0.3, 0.4) is 0 Å². The molecule has 1 aliphatic carbocycles. The Morgan fingerprint density at radius 1 is 1.33 bits per heavy atom. The second-order valence-electron chi connectivity index (χ2n) is 5.32. The zero-order chi connectivity index (χ0) is 13.0. The summed E-state index contributed by atoms with van der Waals surface area (Å²) in [6.07, 6.45) is 6.76. The largest absolute Gasteiger partial charge is 0.384 e. The van der Waals surface area contributed by atoms with E-state index in [0.29, 0.717) is 0 Å². The van der Waals surface area contributed by atoms with Gasteiger partial charge in [-0.1, -0.05) is 37.5 Å². The van der Waals surface area contributed by atoms with Crippen molar-refractivity contribution in [1.29, 1.82) is 5.41 Å². The Balaban J connectivity index is 1.99. The summed E-state index contributed by atoms with van der Waals surface area (Å²) in [6.45, 7) is 0.950. The van der Waals surface area contributed by atoms with Crippen LogP contribution in [-0.2, 0) is 6.54 Å². The van der Waals surface area contributed by atoms with E-state index in [9.17, 15) is 0 Å². The molecule has 18 heavy (non-hydrogen) atoms. The molecule has 3 N–H and O–H groups in total. The van der Waals surface area contributed by atoms with Crippen molar-refractivity contribution in [2.75, 3.05) is 7.05 Å². The van der Waals surface area contributed by atoms with Gasteiger partial charge in [0.1, 0.15) is 5.84 Å². The predicted octanol–water partition coefficient (Wildman–Crippen LogP) is 2.74. The Bertz CT molecular complexity index is 408. The van der Waals surface area contributed by atoms with E-state index in [4.69, 9.17) is 11.1 Å². The molecule has 3 heteroatoms. The van der Waals surface area contributed by atoms with Crippen molar-refractivity contribution in [3.8, 4) is 0 Å². The minimum absolute atomic E-state index is 0.150. The van der Waals surface area contributed by atoms with Crippen LogP contribution in [0.5, 0.6) is 0 Å². The van der Waals surface area contributed by atoms with Gasteiger partial charge in [-0.2, -0.15) is 0 Å². The van der Waals surface area contributed by atoms with Gasteiger partial charge in [0, 0.05) is 18.2 Å². The molecule has 0 aliphatic heterocycles. The van der Waals surface area contributed by atoms with Gasteiger partial charge in [0.2, 0.25) is 0 Å². The molecule has 0 spiro atoms. The van der Waals surface area contributed by atoms with Crippen LogP contribution in [0.1, 0.15) is 43.2 Å². The summed E-state index contributed by atoms with van der Waals surface area (Å²) in [7, 11) is 2.20. The van der Waals surface area contributed by atoms with Crippen LogP contribution in [-0.4, -0.2) is 23.8 Å². The summed E-state index contributed by atoms with van der Waals surface area (Å²) < 4.78 is 0. The summed E-state index contributed by atoms with van der Waals surface area (Å²) in [6, 6.07) is 8.75. The van der Waals surface area contributed by atoms with Gasteiger partial charge in [0.05, 0.1) is 0 Å². The van der Waals surface area contributed by atoms with E-state index in [0.717, 1.165) is 18.2 Å². The van der Waals surface area contributed by atoms with Gasteiger partial charge in [-0.15, -0.1) is 0 Å². The normalized spacial score (nSPS) is 17.0. The maximum Gasteiger partial charge on any atom is 0.122 e. The first kappa shape index (κ1) is 13.1. The third-order valence-corrected chi connectivity index (χ3v) is 3.87. The molecule has 0 unspecified atom stereocenters. The summed E-state index contributed by atoms with van der Waals surface area (Å²) in [5.41, 5.74) is 7.60. The van der Waals surface area contributed by atoms with Gasteiger partial charge in [-0.3, -0.25) is 10.3 Å². The van der Waals surface area contributed by atoms with Crippen LogP contribution < -0.4 is 5.73 Å². The van der Waals surface area contributed by atoms with Crippen LogP contribution >= 0.6 is 0 Å². The number of benzene rings is 1. The maximum absolute atomic E-state index is 7.47. The lowest BCUT2D eigenvalue weighted by Gasteiger charge is -2.31. The molecule has 1 fully saturated rings. The Kier molecular flexibility index (Phi) is 4.37. The lowest BCUT2D eigenvalue weighted by Crippen LogP contribution is -2.32. The van der Waals surface area contributed by atoms with Crippen LogP contribution in [0.4, 0.5) is 0 Å². The highest BCUT2D eigenvalue weighted by atomic mass is 15.1. The maximum atomic E-state index is 7.47. The molecule has 1 saturated carbocycles. The van der Waals surface area contributed by atoms with Crippen molar-refractivity contribution in [3.63, 3.8) is 0 Å². The van der Waals surface area contributed by atoms with E-state index in [1.807, 2.05) is 18.2 Å². The molecule has 0 aromatic heterocycles. The van der Waals surface area contributed by atoms with Gasteiger partial charge >= 0.3 is 0 Å². The van der Waals surface area contributed by atoms with Crippen molar-refractivity contribution >= 4 is 5.84 Å². The monoisotopic (exact) mass is 245 g/mol. The topological polar surface area (TPSA) is 53.1 Å². The third kappa shape index (κ3) is 3.33. The molecule has 1 aliphatic rings. The highest BCUT2D eigenvalue weighted by molar-refractivity contribution is 5.95. The number of nitrogens with zero attached hydrogens (tertiary/aromatic N) is 1. The average Bonchev–Trinajstić information content (AvgIpc) is 2.40. The SMILES string of the molecule is CN(Cc1cccc(C(=N)N)c1)C1CCCCC1. The quantitative estimate of drug-likeness (QED) is 0.633. The summed E-state index contributed by atoms with van der Waals surface area (Å²) >= 11 is 0. The summed E-state index contributed by atoms with van der Waals surface area (Å²) in [5.74, 6) is 0.150. The average molecular weight is 245 g/mol. The molecule has 1 aromatic carbocycles. The van der Waals surface area contributed by atoms with Crippen LogP contribution in [0, 0.1) is 5.41 Å². The molecule has 2 rings (SSSR count). The molecule has 1 aromatic rings. The van der Waals surface area contributed by atoms with Crippen LogP contribution in [0.15, 0.2) is 24.3 Å². The molecule has 0 bridgehead atoms. The Morgan fingerprint density at radius 3 is 2.72 bits per heavy atom. The number of nitrogens with one attached hydrogen (secondary N) is 1. The fraction of sp³-hybridized carbons (Fsp3) is 0.533. The minimum atomic E-state index is 0.150. The molecule has 98 valence electrons. The van der Waals surface area contributed by atoms with Crippen molar-refractivity contribution in [2.24, 2.45) is 5.73 Å². The second-order valence-corrected chi connectivity index (χ2v) is 5.32. The van der Waals surface area contributed by atoms with Crippen LogP contribution in [0.25, 0.3) is 0 Å². The van der Waals surface area contributed by atoms with Gasteiger partial charge in [0.15, 0.2) is 0 Å². The molecule has 0 radical (unpaired) electrons. The van der Waals surface area contributed by atoms with E-state index in [-0.39, 0.29) is 5.84 Å². The molecule has 0 saturated heterocycles. The Labute approximate surface area is 109 Å². The fourth-order valence-corrected chi connectivity index (χ4v) is 2.78. The van der Waals surface area contributed by atoms with E-state index in [1.54, 1.807) is 0 Å². The van der Waals surface area contributed by atoms with Crippen molar-refractivity contribution in [1.82, 2.24) is 4.90 Å². The number of hydrogen-bond acceptors (Lipinski definition) is 2. The van der Waals surface area contributed by atoms with Crippen molar-refractivity contribution in [3.05, 3.63) is 35.4 Å². The van der Waals surface area contributed by atoms with Gasteiger partial charge < -0.3 is 5.73 Å². The van der Waals surface area contributed by atoms with Gasteiger partial charge in [0.25, 0.3) is 0 Å². The first-order chi connectivity index (χ1) is 8.66. The zero-order valence-electron chi connectivity index (χ0n) is 11.2. The fourth-order valence-electron chi connectivity index (χ4n) is 2.78. The number of hydrogen-bond donors (Lipinski definition) is 2. The lowest BCUT2D eigenvalue weighted by molar-refractivity contribution is 0.184. The third-order valence-electron chi connectivity index (χ3n) is 3.87. The van der Waals surface area contributed by atoms with Crippen LogP contribution in [0.2, 0.25) is 0 Å². The molecule has 0 atom stereocenters. The standard InChI is InChI=1S/C15H23N3/c1-18(14-8-3-2-4-9-14)11-12-6-5-7-13(10-12)15(16)17/h5-7,10,14H,2-4,8-9,11H2,1H3,(H3,16,17). The second kappa shape index (κ2) is 6.01. The highest BCUT2D eigenvalue weighted by Crippen LogP contribution is 2.22. The number of rotatable bonds is 4. The molecule has 0 amide bonds. The zero-order valence-corrected chi connectivity index (χ0v) is 11.2. The summed E-state index contributed by atoms with van der Waals surface area (Å²) in [4.78, 5) is 2.44.